The molecule has 0 spiro atoms. The lowest BCUT2D eigenvalue weighted by Crippen LogP contribution is -2.33. The molecule has 104 valence electrons. The predicted molar refractivity (Wildman–Crippen MR) is 71.6 cm³/mol. The number of carbonyl (C=O) groups is 1. The van der Waals surface area contributed by atoms with E-state index in [0.29, 0.717) is 12.5 Å². The van der Waals surface area contributed by atoms with E-state index in [9.17, 15) is 9.18 Å². The second-order valence-corrected chi connectivity index (χ2v) is 5.35. The molecular weight excluding hydrogens is 245 g/mol. The van der Waals surface area contributed by atoms with E-state index in [2.05, 4.69) is 0 Å². The molecule has 1 N–H and O–H groups in total. The average molecular weight is 265 g/mol. The van der Waals surface area contributed by atoms with Crippen molar-refractivity contribution in [2.45, 2.75) is 32.1 Å². The van der Waals surface area contributed by atoms with Gasteiger partial charge < -0.3 is 10.0 Å². The number of benzene rings is 1. The molecule has 0 bridgehead atoms. The summed E-state index contributed by atoms with van der Waals surface area (Å²) >= 11 is 0. The monoisotopic (exact) mass is 265 g/mol. The number of hydrogen-bond acceptors (Lipinski definition) is 2. The van der Waals surface area contributed by atoms with Gasteiger partial charge in [-0.15, -0.1) is 0 Å². The molecule has 0 heterocycles. The van der Waals surface area contributed by atoms with Crippen molar-refractivity contribution in [1.29, 1.82) is 0 Å². The fourth-order valence-corrected chi connectivity index (χ4v) is 2.72. The Morgan fingerprint density at radius 2 is 2.05 bits per heavy atom. The van der Waals surface area contributed by atoms with Gasteiger partial charge in [-0.2, -0.15) is 0 Å². The standard InChI is InChI=1S/C15H20FNO2/c1-17(10-11-5-3-2-4-6-11)15(19)13-8-7-12(18)9-14(13)16/h7-9,11,18H,2-6,10H2,1H3. The third kappa shape index (κ3) is 3.46. The highest BCUT2D eigenvalue weighted by atomic mass is 19.1. The van der Waals surface area contributed by atoms with Crippen LogP contribution in [0.1, 0.15) is 42.5 Å². The maximum Gasteiger partial charge on any atom is 0.256 e. The Labute approximate surface area is 113 Å². The molecule has 1 aliphatic rings. The molecule has 0 saturated heterocycles. The molecule has 1 aromatic rings. The zero-order valence-electron chi connectivity index (χ0n) is 11.2. The van der Waals surface area contributed by atoms with E-state index in [0.717, 1.165) is 18.9 Å². The van der Waals surface area contributed by atoms with Crippen molar-refractivity contribution < 1.29 is 14.3 Å². The van der Waals surface area contributed by atoms with Gasteiger partial charge >= 0.3 is 0 Å². The smallest absolute Gasteiger partial charge is 0.256 e. The molecule has 1 saturated carbocycles. The molecule has 0 atom stereocenters. The minimum atomic E-state index is -0.666. The van der Waals surface area contributed by atoms with Gasteiger partial charge in [0.25, 0.3) is 5.91 Å². The normalized spacial score (nSPS) is 16.3. The van der Waals surface area contributed by atoms with Crippen LogP contribution in [-0.4, -0.2) is 29.5 Å². The van der Waals surface area contributed by atoms with Gasteiger partial charge in [0.05, 0.1) is 5.56 Å². The fraction of sp³-hybridized carbons (Fsp3) is 0.533. The van der Waals surface area contributed by atoms with Crippen molar-refractivity contribution in [3.8, 4) is 5.75 Å². The van der Waals surface area contributed by atoms with Crippen LogP contribution in [0.15, 0.2) is 18.2 Å². The van der Waals surface area contributed by atoms with Crippen LogP contribution < -0.4 is 0 Å². The zero-order chi connectivity index (χ0) is 13.8. The summed E-state index contributed by atoms with van der Waals surface area (Å²) in [7, 11) is 1.71. The molecule has 1 aliphatic carbocycles. The van der Waals surface area contributed by atoms with Crippen molar-refractivity contribution in [3.63, 3.8) is 0 Å². The van der Waals surface area contributed by atoms with Crippen molar-refractivity contribution in [2.75, 3.05) is 13.6 Å². The van der Waals surface area contributed by atoms with Crippen LogP contribution in [0.2, 0.25) is 0 Å². The number of carbonyl (C=O) groups excluding carboxylic acids is 1. The van der Waals surface area contributed by atoms with E-state index in [4.69, 9.17) is 5.11 Å². The van der Waals surface area contributed by atoms with E-state index in [1.54, 1.807) is 11.9 Å². The largest absolute Gasteiger partial charge is 0.508 e. The van der Waals surface area contributed by atoms with Crippen LogP contribution >= 0.6 is 0 Å². The highest BCUT2D eigenvalue weighted by Gasteiger charge is 2.21. The maximum atomic E-state index is 13.6. The number of amides is 1. The van der Waals surface area contributed by atoms with E-state index >= 15 is 0 Å². The molecule has 2 rings (SSSR count). The Morgan fingerprint density at radius 1 is 1.37 bits per heavy atom. The van der Waals surface area contributed by atoms with E-state index in [-0.39, 0.29) is 17.2 Å². The average Bonchev–Trinajstić information content (AvgIpc) is 2.39. The lowest BCUT2D eigenvalue weighted by Gasteiger charge is -2.27. The van der Waals surface area contributed by atoms with Crippen molar-refractivity contribution in [2.24, 2.45) is 5.92 Å². The summed E-state index contributed by atoms with van der Waals surface area (Å²) in [6.45, 7) is 0.680. The second-order valence-electron chi connectivity index (χ2n) is 5.35. The van der Waals surface area contributed by atoms with Gasteiger partial charge in [0.15, 0.2) is 0 Å². The Hall–Kier alpha value is -1.58. The van der Waals surface area contributed by atoms with Crippen LogP contribution in [0.4, 0.5) is 4.39 Å². The number of nitrogens with zero attached hydrogens (tertiary/aromatic N) is 1. The summed E-state index contributed by atoms with van der Waals surface area (Å²) in [4.78, 5) is 13.7. The zero-order valence-corrected chi connectivity index (χ0v) is 11.2. The fourth-order valence-electron chi connectivity index (χ4n) is 2.72. The first kappa shape index (κ1) is 13.8. The quantitative estimate of drug-likeness (QED) is 0.911. The van der Waals surface area contributed by atoms with Crippen molar-refractivity contribution >= 4 is 5.91 Å². The lowest BCUT2D eigenvalue weighted by atomic mass is 9.89. The summed E-state index contributed by atoms with van der Waals surface area (Å²) in [6, 6.07) is 3.65. The van der Waals surface area contributed by atoms with Crippen LogP contribution in [0.25, 0.3) is 0 Å². The molecule has 1 amide bonds. The molecule has 4 heteroatoms. The summed E-state index contributed by atoms with van der Waals surface area (Å²) in [5.41, 5.74) is 0.0242. The minimum Gasteiger partial charge on any atom is -0.508 e. The molecule has 1 fully saturated rings. The topological polar surface area (TPSA) is 40.5 Å². The Morgan fingerprint density at radius 3 is 2.68 bits per heavy atom. The second kappa shape index (κ2) is 6.04. The first-order valence-electron chi connectivity index (χ1n) is 6.82. The van der Waals surface area contributed by atoms with Crippen molar-refractivity contribution in [3.05, 3.63) is 29.6 Å². The molecule has 19 heavy (non-hydrogen) atoms. The van der Waals surface area contributed by atoms with E-state index < -0.39 is 5.82 Å². The first-order valence-corrected chi connectivity index (χ1v) is 6.82. The number of hydrogen-bond donors (Lipinski definition) is 1. The number of rotatable bonds is 3. The Bertz CT molecular complexity index is 455. The lowest BCUT2D eigenvalue weighted by molar-refractivity contribution is 0.0756. The number of halogens is 1. The maximum absolute atomic E-state index is 13.6. The molecule has 0 unspecified atom stereocenters. The SMILES string of the molecule is CN(CC1CCCCC1)C(=O)c1ccc(O)cc1F. The summed E-state index contributed by atoms with van der Waals surface area (Å²) in [6.07, 6.45) is 6.02. The van der Waals surface area contributed by atoms with Crippen molar-refractivity contribution in [1.82, 2.24) is 4.90 Å². The molecule has 0 aromatic heterocycles. The van der Waals surface area contributed by atoms with Gasteiger partial charge in [0, 0.05) is 19.7 Å². The van der Waals surface area contributed by atoms with Crippen LogP contribution in [0, 0.1) is 11.7 Å². The van der Waals surface area contributed by atoms with Gasteiger partial charge in [-0.1, -0.05) is 19.3 Å². The van der Waals surface area contributed by atoms with Gasteiger partial charge in [-0.05, 0) is 30.9 Å². The first-order chi connectivity index (χ1) is 9.08. The third-order valence-corrected chi connectivity index (χ3v) is 3.79. The number of aromatic hydroxyl groups is 1. The molecule has 0 radical (unpaired) electrons. The summed E-state index contributed by atoms with van der Waals surface area (Å²) in [5.74, 6) is -0.615. The molecular formula is C15H20FNO2. The molecule has 0 aliphatic heterocycles. The predicted octanol–water partition coefficient (Wildman–Crippen LogP) is 3.18. The van der Waals surface area contributed by atoms with Crippen LogP contribution in [0.5, 0.6) is 5.75 Å². The third-order valence-electron chi connectivity index (χ3n) is 3.79. The van der Waals surface area contributed by atoms with Gasteiger partial charge in [0.2, 0.25) is 0 Å². The van der Waals surface area contributed by atoms with E-state index in [1.807, 2.05) is 0 Å². The van der Waals surface area contributed by atoms with Crippen LogP contribution in [0.3, 0.4) is 0 Å². The Kier molecular flexibility index (Phi) is 4.40. The van der Waals surface area contributed by atoms with Crippen LogP contribution in [-0.2, 0) is 0 Å². The summed E-state index contributed by atoms with van der Waals surface area (Å²) in [5, 5.41) is 9.15. The number of phenols is 1. The highest BCUT2D eigenvalue weighted by molar-refractivity contribution is 5.94. The van der Waals surface area contributed by atoms with Gasteiger partial charge in [-0.3, -0.25) is 4.79 Å². The highest BCUT2D eigenvalue weighted by Crippen LogP contribution is 2.25. The molecule has 1 aromatic carbocycles. The molecule has 3 nitrogen and oxygen atoms in total. The number of phenolic OH excluding ortho intramolecular Hbond substituents is 1. The van der Waals surface area contributed by atoms with E-state index in [1.165, 1.54) is 31.4 Å². The van der Waals surface area contributed by atoms with Gasteiger partial charge in [0.1, 0.15) is 11.6 Å². The summed E-state index contributed by atoms with van der Waals surface area (Å²) < 4.78 is 13.6. The van der Waals surface area contributed by atoms with Gasteiger partial charge in [-0.25, -0.2) is 4.39 Å². The minimum absolute atomic E-state index is 0.0242. The Balaban J connectivity index is 2.01.